The number of carbonyl (C=O) groups excluding carboxylic acids is 1. The summed E-state index contributed by atoms with van der Waals surface area (Å²) in [4.78, 5) is 21.8. The van der Waals surface area contributed by atoms with Crippen LogP contribution in [0.4, 0.5) is 0 Å². The summed E-state index contributed by atoms with van der Waals surface area (Å²) in [7, 11) is 0. The number of hydrogen-bond donors (Lipinski definition) is 1. The number of thiazole rings is 1. The number of hydrogen-bond acceptors (Lipinski definition) is 5. The Balaban J connectivity index is 1.39. The van der Waals surface area contributed by atoms with Gasteiger partial charge in [0.1, 0.15) is 5.75 Å². The van der Waals surface area contributed by atoms with Crippen molar-refractivity contribution >= 4 is 28.1 Å². The number of benzene rings is 2. The second kappa shape index (κ2) is 7.33. The molecule has 0 aliphatic heterocycles. The molecule has 2 heterocycles. The molecule has 4 aromatic rings. The van der Waals surface area contributed by atoms with E-state index in [0.29, 0.717) is 17.3 Å². The summed E-state index contributed by atoms with van der Waals surface area (Å²) >= 11 is 1.41. The van der Waals surface area contributed by atoms with Crippen molar-refractivity contribution in [2.75, 3.05) is 0 Å². The SMILES string of the molecule is O=C(NCc1cnc(Oc2ccccc2)s1)c1ccc2ncccc2c1. The first-order valence-electron chi connectivity index (χ1n) is 8.08. The van der Waals surface area contributed by atoms with Crippen LogP contribution in [0.1, 0.15) is 15.2 Å². The molecule has 0 fully saturated rings. The Morgan fingerprint density at radius 3 is 2.81 bits per heavy atom. The van der Waals surface area contributed by atoms with E-state index in [9.17, 15) is 4.79 Å². The molecule has 26 heavy (non-hydrogen) atoms. The summed E-state index contributed by atoms with van der Waals surface area (Å²) in [6, 6.07) is 18.8. The number of nitrogens with one attached hydrogen (secondary N) is 1. The van der Waals surface area contributed by atoms with Crippen molar-refractivity contribution in [2.45, 2.75) is 6.54 Å². The maximum Gasteiger partial charge on any atom is 0.278 e. The lowest BCUT2D eigenvalue weighted by Gasteiger charge is -2.04. The topological polar surface area (TPSA) is 64.1 Å². The largest absolute Gasteiger partial charge is 0.431 e. The number of pyridine rings is 1. The molecule has 5 nitrogen and oxygen atoms in total. The highest BCUT2D eigenvalue weighted by Gasteiger charge is 2.09. The zero-order valence-electron chi connectivity index (χ0n) is 13.8. The molecule has 1 amide bonds. The molecule has 1 N–H and O–H groups in total. The molecule has 0 aliphatic carbocycles. The van der Waals surface area contributed by atoms with Gasteiger partial charge in [-0.05, 0) is 36.4 Å². The number of fused-ring (bicyclic) bond motifs is 1. The first kappa shape index (κ1) is 16.2. The predicted molar refractivity (Wildman–Crippen MR) is 102 cm³/mol. The average molecular weight is 361 g/mol. The maximum atomic E-state index is 12.4. The molecule has 0 saturated carbocycles. The van der Waals surface area contributed by atoms with E-state index < -0.39 is 0 Å². The summed E-state index contributed by atoms with van der Waals surface area (Å²) < 4.78 is 5.69. The van der Waals surface area contributed by atoms with Gasteiger partial charge in [-0.1, -0.05) is 35.6 Å². The normalized spacial score (nSPS) is 10.6. The summed E-state index contributed by atoms with van der Waals surface area (Å²) in [5, 5.41) is 4.41. The molecule has 0 aliphatic rings. The Labute approximate surface area is 154 Å². The molecule has 0 atom stereocenters. The van der Waals surface area contributed by atoms with Crippen molar-refractivity contribution in [3.05, 3.63) is 83.5 Å². The maximum absolute atomic E-state index is 12.4. The number of para-hydroxylation sites is 1. The van der Waals surface area contributed by atoms with E-state index in [2.05, 4.69) is 15.3 Å². The van der Waals surface area contributed by atoms with E-state index in [4.69, 9.17) is 4.74 Å². The fourth-order valence-electron chi connectivity index (χ4n) is 2.49. The number of aromatic nitrogens is 2. The number of carbonyl (C=O) groups is 1. The third-order valence-electron chi connectivity index (χ3n) is 3.77. The van der Waals surface area contributed by atoms with Crippen LogP contribution in [0.5, 0.6) is 10.9 Å². The van der Waals surface area contributed by atoms with Gasteiger partial charge in [0.2, 0.25) is 0 Å². The van der Waals surface area contributed by atoms with Gasteiger partial charge in [0, 0.05) is 28.2 Å². The lowest BCUT2D eigenvalue weighted by molar-refractivity contribution is 0.0951. The van der Waals surface area contributed by atoms with Crippen LogP contribution >= 0.6 is 11.3 Å². The van der Waals surface area contributed by atoms with Crippen LogP contribution in [0.2, 0.25) is 0 Å². The Morgan fingerprint density at radius 2 is 1.92 bits per heavy atom. The van der Waals surface area contributed by atoms with E-state index in [-0.39, 0.29) is 5.91 Å². The van der Waals surface area contributed by atoms with E-state index in [1.807, 2.05) is 54.6 Å². The van der Waals surface area contributed by atoms with Crippen LogP contribution in [-0.2, 0) is 6.54 Å². The molecule has 0 unspecified atom stereocenters. The molecule has 2 aromatic heterocycles. The van der Waals surface area contributed by atoms with Gasteiger partial charge < -0.3 is 10.1 Å². The van der Waals surface area contributed by atoms with Gasteiger partial charge in [0.05, 0.1) is 12.1 Å². The molecule has 0 bridgehead atoms. The number of amides is 1. The molecule has 0 spiro atoms. The molecule has 4 rings (SSSR count). The van der Waals surface area contributed by atoms with Crippen molar-refractivity contribution in [2.24, 2.45) is 0 Å². The first-order chi connectivity index (χ1) is 12.8. The van der Waals surface area contributed by atoms with Gasteiger partial charge in [-0.3, -0.25) is 9.78 Å². The van der Waals surface area contributed by atoms with Gasteiger partial charge in [0.25, 0.3) is 11.1 Å². The second-order valence-electron chi connectivity index (χ2n) is 5.60. The van der Waals surface area contributed by atoms with Gasteiger partial charge in [-0.25, -0.2) is 4.98 Å². The van der Waals surface area contributed by atoms with Crippen LogP contribution in [0.25, 0.3) is 10.9 Å². The Kier molecular flexibility index (Phi) is 4.57. The quantitative estimate of drug-likeness (QED) is 0.572. The Morgan fingerprint density at radius 1 is 1.04 bits per heavy atom. The monoisotopic (exact) mass is 361 g/mol. The standard InChI is InChI=1S/C20H15N3O2S/c24-19(15-8-9-18-14(11-15)5-4-10-21-18)22-12-17-13-23-20(26-17)25-16-6-2-1-3-7-16/h1-11,13H,12H2,(H,22,24). The second-order valence-corrected chi connectivity index (χ2v) is 6.68. The number of ether oxygens (including phenoxy) is 1. The lowest BCUT2D eigenvalue weighted by atomic mass is 10.1. The molecule has 0 saturated heterocycles. The Hall–Kier alpha value is -3.25. The van der Waals surface area contributed by atoms with Crippen LogP contribution in [-0.4, -0.2) is 15.9 Å². The Bertz CT molecular complexity index is 1050. The summed E-state index contributed by atoms with van der Waals surface area (Å²) in [5.41, 5.74) is 1.48. The fourth-order valence-corrected chi connectivity index (χ4v) is 3.21. The van der Waals surface area contributed by atoms with Crippen LogP contribution in [0.3, 0.4) is 0 Å². The van der Waals surface area contributed by atoms with Crippen molar-refractivity contribution < 1.29 is 9.53 Å². The first-order valence-corrected chi connectivity index (χ1v) is 8.90. The molecule has 2 aromatic carbocycles. The van der Waals surface area contributed by atoms with Gasteiger partial charge in [-0.2, -0.15) is 0 Å². The third-order valence-corrected chi connectivity index (χ3v) is 4.64. The van der Waals surface area contributed by atoms with Crippen molar-refractivity contribution in [1.82, 2.24) is 15.3 Å². The molecular weight excluding hydrogens is 346 g/mol. The molecule has 0 radical (unpaired) electrons. The zero-order valence-corrected chi connectivity index (χ0v) is 14.6. The van der Waals surface area contributed by atoms with Crippen molar-refractivity contribution in [3.8, 4) is 10.9 Å². The highest BCUT2D eigenvalue weighted by atomic mass is 32.1. The van der Waals surface area contributed by atoms with E-state index in [1.54, 1.807) is 18.5 Å². The minimum atomic E-state index is -0.130. The summed E-state index contributed by atoms with van der Waals surface area (Å²) in [5.74, 6) is 0.608. The molecule has 128 valence electrons. The minimum Gasteiger partial charge on any atom is -0.431 e. The molecule has 6 heteroatoms. The predicted octanol–water partition coefficient (Wildman–Crippen LogP) is 4.41. The van der Waals surface area contributed by atoms with Gasteiger partial charge >= 0.3 is 0 Å². The number of rotatable bonds is 5. The smallest absolute Gasteiger partial charge is 0.278 e. The number of nitrogens with zero attached hydrogens (tertiary/aromatic N) is 2. The van der Waals surface area contributed by atoms with Crippen molar-refractivity contribution in [1.29, 1.82) is 0 Å². The minimum absolute atomic E-state index is 0.130. The van der Waals surface area contributed by atoms with E-state index >= 15 is 0 Å². The van der Waals surface area contributed by atoms with Crippen LogP contribution in [0, 0.1) is 0 Å². The van der Waals surface area contributed by atoms with Gasteiger partial charge in [0.15, 0.2) is 0 Å². The summed E-state index contributed by atoms with van der Waals surface area (Å²) in [6.07, 6.45) is 3.45. The highest BCUT2D eigenvalue weighted by molar-refractivity contribution is 7.13. The third kappa shape index (κ3) is 3.70. The van der Waals surface area contributed by atoms with E-state index in [1.165, 1.54) is 11.3 Å². The zero-order chi connectivity index (χ0) is 17.8. The fraction of sp³-hybridized carbons (Fsp3) is 0.0500. The lowest BCUT2D eigenvalue weighted by Crippen LogP contribution is -2.22. The van der Waals surface area contributed by atoms with Crippen LogP contribution < -0.4 is 10.1 Å². The van der Waals surface area contributed by atoms with Gasteiger partial charge in [-0.15, -0.1) is 0 Å². The van der Waals surface area contributed by atoms with E-state index in [0.717, 1.165) is 21.5 Å². The average Bonchev–Trinajstić information content (AvgIpc) is 3.14. The van der Waals surface area contributed by atoms with Crippen molar-refractivity contribution in [3.63, 3.8) is 0 Å². The molecular formula is C20H15N3O2S. The van der Waals surface area contributed by atoms with Crippen LogP contribution in [0.15, 0.2) is 73.1 Å². The summed E-state index contributed by atoms with van der Waals surface area (Å²) in [6.45, 7) is 0.403. The highest BCUT2D eigenvalue weighted by Crippen LogP contribution is 2.26.